The van der Waals surface area contributed by atoms with E-state index in [0.717, 1.165) is 141 Å². The van der Waals surface area contributed by atoms with Gasteiger partial charge in [-0.25, -0.2) is 9.13 Å². The Morgan fingerprint density at radius 1 is 0.302 bits per heavy atom. The molecule has 0 radical (unpaired) electrons. The van der Waals surface area contributed by atoms with Crippen LogP contribution in [-0.4, -0.2) is 96.7 Å². The maximum atomic E-state index is 13.0. The summed E-state index contributed by atoms with van der Waals surface area (Å²) in [7, 11) is -9.94. The first-order valence-corrected chi connectivity index (χ1v) is 41.2. The molecule has 0 saturated carbocycles. The lowest BCUT2D eigenvalue weighted by atomic mass is 10.1. The fourth-order valence-electron chi connectivity index (χ4n) is 10.4. The standard InChI is InChI=1S/C77H138O17P2/c1-5-9-13-17-21-25-29-31-33-34-35-36-38-40-44-46-50-54-58-62-75(80)88-68-73(94-77(82)64-60-56-52-48-42-28-24-20-16-12-8-4)70-92-96(85,86)90-66-71(78)65-89-95(83,84)91-69-72(93-76(81)63-59-55-51-47-41-27-23-19-15-11-7-3)67-87-74(79)61-57-53-49-45-43-39-37-32-30-26-22-18-14-10-6-2/h9,13,21,25,31-33,35-37,40,44,71-73,78H,5-8,10-12,14-20,22-24,26-30,34,38-39,41-43,45-70H2,1-4H3,(H,83,84)(H,85,86)/b13-9-,25-21-,33-31-,36-35-,37-32-,44-40-. The van der Waals surface area contributed by atoms with Gasteiger partial charge in [-0.05, 0) is 96.3 Å². The van der Waals surface area contributed by atoms with Gasteiger partial charge in [0.05, 0.1) is 26.4 Å². The van der Waals surface area contributed by atoms with Gasteiger partial charge in [0.25, 0.3) is 0 Å². The molecule has 5 atom stereocenters. The van der Waals surface area contributed by atoms with Gasteiger partial charge in [0.15, 0.2) is 12.2 Å². The number of allylic oxidation sites excluding steroid dienone is 12. The third-order valence-electron chi connectivity index (χ3n) is 16.2. The summed E-state index contributed by atoms with van der Waals surface area (Å²) in [6, 6.07) is 0. The first-order chi connectivity index (χ1) is 46.7. The van der Waals surface area contributed by atoms with E-state index >= 15 is 0 Å². The van der Waals surface area contributed by atoms with E-state index in [1.54, 1.807) is 0 Å². The Balaban J connectivity index is 5.29. The molecule has 3 N–H and O–H groups in total. The van der Waals surface area contributed by atoms with Crippen LogP contribution in [0.4, 0.5) is 0 Å². The molecule has 96 heavy (non-hydrogen) atoms. The highest BCUT2D eigenvalue weighted by Crippen LogP contribution is 2.45. The van der Waals surface area contributed by atoms with Crippen LogP contribution in [0, 0.1) is 0 Å². The number of rotatable bonds is 72. The molecule has 0 aliphatic rings. The molecular formula is C77H138O17P2. The van der Waals surface area contributed by atoms with E-state index in [9.17, 15) is 43.2 Å². The fourth-order valence-corrected chi connectivity index (χ4v) is 11.9. The van der Waals surface area contributed by atoms with E-state index in [1.165, 1.54) is 116 Å². The number of carbonyl (C=O) groups is 4. The number of aliphatic hydroxyl groups excluding tert-OH is 1. The predicted molar refractivity (Wildman–Crippen MR) is 390 cm³/mol. The Hall–Kier alpha value is -3.50. The number of esters is 4. The minimum atomic E-state index is -4.97. The molecule has 0 fully saturated rings. The quantitative estimate of drug-likeness (QED) is 0.0169. The zero-order valence-corrected chi connectivity index (χ0v) is 62.6. The predicted octanol–water partition coefficient (Wildman–Crippen LogP) is 21.7. The molecule has 0 aromatic rings. The van der Waals surface area contributed by atoms with Crippen LogP contribution in [0.5, 0.6) is 0 Å². The molecule has 17 nitrogen and oxygen atoms in total. The number of phosphoric ester groups is 2. The van der Waals surface area contributed by atoms with Gasteiger partial charge in [0.2, 0.25) is 0 Å². The molecular weight excluding hydrogens is 1260 g/mol. The van der Waals surface area contributed by atoms with Crippen LogP contribution in [0.2, 0.25) is 0 Å². The minimum absolute atomic E-state index is 0.0915. The van der Waals surface area contributed by atoms with E-state index in [1.807, 2.05) is 0 Å². The van der Waals surface area contributed by atoms with Gasteiger partial charge in [0.1, 0.15) is 19.3 Å². The molecule has 0 heterocycles. The Labute approximate surface area is 583 Å². The van der Waals surface area contributed by atoms with E-state index in [0.29, 0.717) is 25.7 Å². The van der Waals surface area contributed by atoms with Gasteiger partial charge in [-0.1, -0.05) is 287 Å². The fraction of sp³-hybridized carbons (Fsp3) is 0.792. The second-order valence-corrected chi connectivity index (χ2v) is 28.5. The summed E-state index contributed by atoms with van der Waals surface area (Å²) in [6.45, 7) is 4.73. The number of hydrogen-bond acceptors (Lipinski definition) is 15. The van der Waals surface area contributed by atoms with Crippen molar-refractivity contribution in [3.05, 3.63) is 72.9 Å². The van der Waals surface area contributed by atoms with Gasteiger partial charge in [-0.15, -0.1) is 0 Å². The molecule has 19 heteroatoms. The molecule has 0 aliphatic heterocycles. The number of aliphatic hydroxyl groups is 1. The van der Waals surface area contributed by atoms with Crippen molar-refractivity contribution in [3.8, 4) is 0 Å². The van der Waals surface area contributed by atoms with Gasteiger partial charge < -0.3 is 33.8 Å². The van der Waals surface area contributed by atoms with E-state index < -0.39 is 97.5 Å². The van der Waals surface area contributed by atoms with Crippen LogP contribution in [0.25, 0.3) is 0 Å². The molecule has 0 amide bonds. The van der Waals surface area contributed by atoms with Gasteiger partial charge in [-0.2, -0.15) is 0 Å². The van der Waals surface area contributed by atoms with Crippen molar-refractivity contribution in [1.29, 1.82) is 0 Å². The van der Waals surface area contributed by atoms with Crippen LogP contribution in [0.1, 0.15) is 336 Å². The second-order valence-electron chi connectivity index (χ2n) is 25.6. The second kappa shape index (κ2) is 70.0. The van der Waals surface area contributed by atoms with Crippen molar-refractivity contribution >= 4 is 39.5 Å². The summed E-state index contributed by atoms with van der Waals surface area (Å²) in [5.74, 6) is -2.19. The van der Waals surface area contributed by atoms with Gasteiger partial charge in [-0.3, -0.25) is 37.3 Å². The maximum Gasteiger partial charge on any atom is 0.472 e. The summed E-state index contributed by atoms with van der Waals surface area (Å²) in [4.78, 5) is 72.7. The summed E-state index contributed by atoms with van der Waals surface area (Å²) >= 11 is 0. The lowest BCUT2D eigenvalue weighted by molar-refractivity contribution is -0.161. The van der Waals surface area contributed by atoms with Crippen LogP contribution in [0.3, 0.4) is 0 Å². The van der Waals surface area contributed by atoms with Crippen molar-refractivity contribution in [2.24, 2.45) is 0 Å². The Kier molecular flexibility index (Phi) is 67.4. The summed E-state index contributed by atoms with van der Waals surface area (Å²) in [5.41, 5.74) is 0. The zero-order chi connectivity index (χ0) is 70.4. The van der Waals surface area contributed by atoms with Gasteiger partial charge >= 0.3 is 39.5 Å². The number of phosphoric acid groups is 2. The van der Waals surface area contributed by atoms with Crippen molar-refractivity contribution < 1.29 is 80.2 Å². The third kappa shape index (κ3) is 69.0. The zero-order valence-electron chi connectivity index (χ0n) is 60.8. The largest absolute Gasteiger partial charge is 0.472 e. The highest BCUT2D eigenvalue weighted by atomic mass is 31.2. The highest BCUT2D eigenvalue weighted by Gasteiger charge is 2.30. The third-order valence-corrected chi connectivity index (χ3v) is 18.1. The summed E-state index contributed by atoms with van der Waals surface area (Å²) in [6.07, 6.45) is 69.0. The van der Waals surface area contributed by atoms with Crippen LogP contribution in [-0.2, 0) is 65.4 Å². The maximum absolute atomic E-state index is 13.0. The first-order valence-electron chi connectivity index (χ1n) is 38.2. The van der Waals surface area contributed by atoms with Crippen LogP contribution >= 0.6 is 15.6 Å². The SMILES string of the molecule is CC/C=C\C/C=C\C/C=C\C/C=C\C/C=C\CCCCCC(=O)OCC(COP(=O)(O)OCC(O)COP(=O)(O)OCC(COC(=O)CCCCCCC/C=C\CCCCCCCC)OC(=O)CCCCCCCCCCCCC)OC(=O)CCCCCCCCCCCCC. The van der Waals surface area contributed by atoms with E-state index in [2.05, 4.69) is 101 Å². The lowest BCUT2D eigenvalue weighted by Gasteiger charge is -2.21. The average Bonchev–Trinajstić information content (AvgIpc) is 1.15. The van der Waals surface area contributed by atoms with Crippen molar-refractivity contribution in [1.82, 2.24) is 0 Å². The average molecular weight is 1400 g/mol. The van der Waals surface area contributed by atoms with Crippen molar-refractivity contribution in [2.45, 2.75) is 354 Å². The molecule has 0 bridgehead atoms. The lowest BCUT2D eigenvalue weighted by Crippen LogP contribution is -2.30. The van der Waals surface area contributed by atoms with E-state index in [-0.39, 0.29) is 25.7 Å². The smallest absolute Gasteiger partial charge is 0.462 e. The molecule has 5 unspecified atom stereocenters. The van der Waals surface area contributed by atoms with Crippen molar-refractivity contribution in [2.75, 3.05) is 39.6 Å². The Bertz CT molecular complexity index is 2110. The van der Waals surface area contributed by atoms with Crippen molar-refractivity contribution in [3.63, 3.8) is 0 Å². The Morgan fingerprint density at radius 3 is 0.854 bits per heavy atom. The highest BCUT2D eigenvalue weighted by molar-refractivity contribution is 7.47. The minimum Gasteiger partial charge on any atom is -0.462 e. The normalized spacial score (nSPS) is 14.4. The summed E-state index contributed by atoms with van der Waals surface area (Å²) < 4.78 is 68.4. The number of hydrogen-bond donors (Lipinski definition) is 3. The molecule has 0 rings (SSSR count). The number of ether oxygens (including phenoxy) is 4. The number of unbranched alkanes of at least 4 members (excludes halogenated alkanes) is 34. The van der Waals surface area contributed by atoms with E-state index in [4.69, 9.17) is 37.0 Å². The molecule has 0 aromatic heterocycles. The molecule has 0 spiro atoms. The first kappa shape index (κ1) is 92.5. The summed E-state index contributed by atoms with van der Waals surface area (Å²) in [5, 5.41) is 10.6. The topological polar surface area (TPSA) is 237 Å². The number of carbonyl (C=O) groups excluding carboxylic acids is 4. The van der Waals surface area contributed by atoms with Crippen LogP contribution in [0.15, 0.2) is 72.9 Å². The molecule has 0 saturated heterocycles. The molecule has 0 aromatic carbocycles. The van der Waals surface area contributed by atoms with Crippen LogP contribution < -0.4 is 0 Å². The molecule has 0 aliphatic carbocycles. The molecule has 558 valence electrons. The van der Waals surface area contributed by atoms with Gasteiger partial charge in [0, 0.05) is 25.7 Å². The Morgan fingerprint density at radius 2 is 0.542 bits per heavy atom. The monoisotopic (exact) mass is 1400 g/mol.